The molecule has 0 spiro atoms. The molecule has 0 radical (unpaired) electrons. The van der Waals surface area contributed by atoms with Gasteiger partial charge in [-0.15, -0.1) is 11.6 Å². The molecule has 0 N–H and O–H groups in total. The summed E-state index contributed by atoms with van der Waals surface area (Å²) < 4.78 is 5.04. The fourth-order valence-corrected chi connectivity index (χ4v) is 3.19. The second-order valence-corrected chi connectivity index (χ2v) is 6.70. The van der Waals surface area contributed by atoms with Gasteiger partial charge in [0.1, 0.15) is 0 Å². The molecule has 1 atom stereocenters. The van der Waals surface area contributed by atoms with Crippen molar-refractivity contribution in [2.75, 3.05) is 12.5 Å². The van der Waals surface area contributed by atoms with Gasteiger partial charge in [-0.3, -0.25) is 4.79 Å². The van der Waals surface area contributed by atoms with E-state index in [4.69, 9.17) is 16.3 Å². The molecule has 0 saturated heterocycles. The Bertz CT molecular complexity index is 244. The highest BCUT2D eigenvalue weighted by Crippen LogP contribution is 2.20. The quantitative estimate of drug-likeness (QED) is 0.183. The Morgan fingerprint density at radius 3 is 1.91 bits per heavy atom. The average molecular weight is 333 g/mol. The maximum atomic E-state index is 11.5. The van der Waals surface area contributed by atoms with Gasteiger partial charge in [-0.05, 0) is 25.7 Å². The molecule has 0 aromatic heterocycles. The van der Waals surface area contributed by atoms with Crippen LogP contribution in [0.25, 0.3) is 0 Å². The summed E-state index contributed by atoms with van der Waals surface area (Å²) in [5.41, 5.74) is 0. The molecule has 22 heavy (non-hydrogen) atoms. The average Bonchev–Trinajstić information content (AvgIpc) is 2.49. The molecule has 0 saturated carbocycles. The Balaban J connectivity index is 3.49. The Labute approximate surface area is 143 Å². The molecule has 0 aliphatic rings. The van der Waals surface area contributed by atoms with Crippen LogP contribution in [0.2, 0.25) is 0 Å². The minimum atomic E-state index is -0.0651. The van der Waals surface area contributed by atoms with E-state index in [0.29, 0.717) is 24.8 Å². The molecule has 2 nitrogen and oxygen atoms in total. The van der Waals surface area contributed by atoms with E-state index in [0.717, 1.165) is 12.8 Å². The number of rotatable bonds is 16. The molecule has 0 fully saturated rings. The van der Waals surface area contributed by atoms with Crippen molar-refractivity contribution in [1.29, 1.82) is 0 Å². The zero-order chi connectivity index (χ0) is 16.5. The molecule has 0 amide bonds. The zero-order valence-corrected chi connectivity index (χ0v) is 15.6. The van der Waals surface area contributed by atoms with Crippen molar-refractivity contribution in [2.24, 2.45) is 5.92 Å². The molecule has 0 aliphatic carbocycles. The van der Waals surface area contributed by atoms with Crippen molar-refractivity contribution in [3.05, 3.63) is 0 Å². The number of esters is 1. The molecule has 132 valence electrons. The van der Waals surface area contributed by atoms with Crippen LogP contribution in [0.3, 0.4) is 0 Å². The first-order valence-electron chi connectivity index (χ1n) is 9.46. The Morgan fingerprint density at radius 2 is 1.41 bits per heavy atom. The van der Waals surface area contributed by atoms with Gasteiger partial charge in [-0.2, -0.15) is 0 Å². The van der Waals surface area contributed by atoms with E-state index in [-0.39, 0.29) is 5.97 Å². The maximum Gasteiger partial charge on any atom is 0.306 e. The van der Waals surface area contributed by atoms with Crippen molar-refractivity contribution >= 4 is 17.6 Å². The molecule has 0 aromatic rings. The number of ether oxygens (including phenoxy) is 1. The van der Waals surface area contributed by atoms with Gasteiger partial charge in [0.2, 0.25) is 0 Å². The highest BCUT2D eigenvalue weighted by Gasteiger charge is 2.13. The van der Waals surface area contributed by atoms with Gasteiger partial charge in [-0.25, -0.2) is 0 Å². The number of carbonyl (C=O) groups is 1. The molecule has 0 heterocycles. The second-order valence-electron chi connectivity index (χ2n) is 6.32. The summed E-state index contributed by atoms with van der Waals surface area (Å²) >= 11 is 5.84. The minimum absolute atomic E-state index is 0.0651. The summed E-state index contributed by atoms with van der Waals surface area (Å²) in [5, 5.41) is 0. The number of alkyl halides is 1. The van der Waals surface area contributed by atoms with Gasteiger partial charge in [0.15, 0.2) is 0 Å². The lowest BCUT2D eigenvalue weighted by Crippen LogP contribution is -2.12. The molecule has 3 heteroatoms. The summed E-state index contributed by atoms with van der Waals surface area (Å²) in [4.78, 5) is 11.5. The van der Waals surface area contributed by atoms with Crippen molar-refractivity contribution in [3.63, 3.8) is 0 Å². The molecule has 0 aliphatic heterocycles. The van der Waals surface area contributed by atoms with E-state index in [1.165, 1.54) is 64.2 Å². The fourth-order valence-electron chi connectivity index (χ4n) is 2.88. The SMILES string of the molecule is CCCCCCCCCCCCC(CCCl)CC(=O)OCC. The van der Waals surface area contributed by atoms with Crippen molar-refractivity contribution in [2.45, 2.75) is 97.3 Å². The highest BCUT2D eigenvalue weighted by molar-refractivity contribution is 6.17. The van der Waals surface area contributed by atoms with Crippen LogP contribution in [-0.4, -0.2) is 18.5 Å². The first kappa shape index (κ1) is 21.8. The first-order valence-corrected chi connectivity index (χ1v) is 9.99. The van der Waals surface area contributed by atoms with E-state index in [1.807, 2.05) is 6.92 Å². The molecular formula is C19H37ClO2. The van der Waals surface area contributed by atoms with E-state index >= 15 is 0 Å². The van der Waals surface area contributed by atoms with Crippen molar-refractivity contribution in [1.82, 2.24) is 0 Å². The van der Waals surface area contributed by atoms with Crippen LogP contribution in [-0.2, 0) is 9.53 Å². The van der Waals surface area contributed by atoms with Crippen LogP contribution in [0.5, 0.6) is 0 Å². The Kier molecular flexibility index (Phi) is 16.9. The van der Waals surface area contributed by atoms with Gasteiger partial charge >= 0.3 is 5.97 Å². The normalized spacial score (nSPS) is 12.3. The van der Waals surface area contributed by atoms with Crippen LogP contribution in [0.1, 0.15) is 97.3 Å². The largest absolute Gasteiger partial charge is 0.466 e. The van der Waals surface area contributed by atoms with E-state index in [2.05, 4.69) is 6.92 Å². The molecule has 1 unspecified atom stereocenters. The van der Waals surface area contributed by atoms with Crippen molar-refractivity contribution < 1.29 is 9.53 Å². The Morgan fingerprint density at radius 1 is 0.864 bits per heavy atom. The number of unbranched alkanes of at least 4 members (excludes halogenated alkanes) is 9. The first-order chi connectivity index (χ1) is 10.7. The second kappa shape index (κ2) is 17.1. The van der Waals surface area contributed by atoms with E-state index < -0.39 is 0 Å². The number of hydrogen-bond donors (Lipinski definition) is 0. The van der Waals surface area contributed by atoms with E-state index in [9.17, 15) is 4.79 Å². The highest BCUT2D eigenvalue weighted by atomic mass is 35.5. The smallest absolute Gasteiger partial charge is 0.306 e. The van der Waals surface area contributed by atoms with Gasteiger partial charge in [0.05, 0.1) is 6.61 Å². The third kappa shape index (κ3) is 14.7. The minimum Gasteiger partial charge on any atom is -0.466 e. The summed E-state index contributed by atoms with van der Waals surface area (Å²) in [6.45, 7) is 4.60. The predicted molar refractivity (Wildman–Crippen MR) is 96.5 cm³/mol. The van der Waals surface area contributed by atoms with Gasteiger partial charge in [0, 0.05) is 12.3 Å². The fraction of sp³-hybridized carbons (Fsp3) is 0.947. The summed E-state index contributed by atoms with van der Waals surface area (Å²) in [5.74, 6) is 0.984. The standard InChI is InChI=1S/C19H37ClO2/c1-3-5-6-7-8-9-10-11-12-13-14-18(15-16-20)17-19(21)22-4-2/h18H,3-17H2,1-2H3. The topological polar surface area (TPSA) is 26.3 Å². The van der Waals surface area contributed by atoms with Crippen LogP contribution in [0.15, 0.2) is 0 Å². The zero-order valence-electron chi connectivity index (χ0n) is 14.9. The number of halogens is 1. The maximum absolute atomic E-state index is 11.5. The van der Waals surface area contributed by atoms with Crippen LogP contribution in [0, 0.1) is 5.92 Å². The lowest BCUT2D eigenvalue weighted by molar-refractivity contribution is -0.144. The monoisotopic (exact) mass is 332 g/mol. The van der Waals surface area contributed by atoms with Gasteiger partial charge in [-0.1, -0.05) is 71.1 Å². The molecular weight excluding hydrogens is 296 g/mol. The molecule has 0 rings (SSSR count). The molecule has 0 bridgehead atoms. The van der Waals surface area contributed by atoms with Crippen molar-refractivity contribution in [3.8, 4) is 0 Å². The number of hydrogen-bond acceptors (Lipinski definition) is 2. The summed E-state index contributed by atoms with van der Waals surface area (Å²) in [6, 6.07) is 0. The van der Waals surface area contributed by atoms with Gasteiger partial charge < -0.3 is 4.74 Å². The van der Waals surface area contributed by atoms with E-state index in [1.54, 1.807) is 0 Å². The van der Waals surface area contributed by atoms with Crippen LogP contribution in [0.4, 0.5) is 0 Å². The molecule has 0 aromatic carbocycles. The lowest BCUT2D eigenvalue weighted by atomic mass is 9.94. The third-order valence-electron chi connectivity index (χ3n) is 4.24. The Hall–Kier alpha value is -0.240. The van der Waals surface area contributed by atoms with Crippen LogP contribution < -0.4 is 0 Å². The van der Waals surface area contributed by atoms with Gasteiger partial charge in [0.25, 0.3) is 0 Å². The van der Waals surface area contributed by atoms with Crippen LogP contribution >= 0.6 is 11.6 Å². The summed E-state index contributed by atoms with van der Waals surface area (Å²) in [6.07, 6.45) is 16.1. The number of carbonyl (C=O) groups excluding carboxylic acids is 1. The lowest BCUT2D eigenvalue weighted by Gasteiger charge is -2.14. The predicted octanol–water partition coefficient (Wildman–Crippen LogP) is 6.50. The summed E-state index contributed by atoms with van der Waals surface area (Å²) in [7, 11) is 0. The third-order valence-corrected chi connectivity index (χ3v) is 4.46.